The molecule has 3 atom stereocenters. The van der Waals surface area contributed by atoms with E-state index in [0.717, 1.165) is 17.7 Å². The van der Waals surface area contributed by atoms with E-state index in [1.54, 1.807) is 0 Å². The lowest BCUT2D eigenvalue weighted by Crippen LogP contribution is -2.28. The summed E-state index contributed by atoms with van der Waals surface area (Å²) in [5.74, 6) is 2.00. The highest BCUT2D eigenvalue weighted by Gasteiger charge is 2.38. The molecule has 0 radical (unpaired) electrons. The first-order valence-corrected chi connectivity index (χ1v) is 9.40. The lowest BCUT2D eigenvalue weighted by molar-refractivity contribution is 0.351. The van der Waals surface area contributed by atoms with Crippen molar-refractivity contribution < 1.29 is 4.74 Å². The molecule has 0 bridgehead atoms. The van der Waals surface area contributed by atoms with Crippen molar-refractivity contribution in [3.05, 3.63) is 70.0 Å². The van der Waals surface area contributed by atoms with Crippen LogP contribution in [0.3, 0.4) is 0 Å². The summed E-state index contributed by atoms with van der Waals surface area (Å²) >= 11 is 1.87. The smallest absolute Gasteiger partial charge is 0.120 e. The normalized spacial score (nSPS) is 24.2. The number of anilines is 1. The van der Waals surface area contributed by atoms with Gasteiger partial charge in [-0.3, -0.25) is 0 Å². The van der Waals surface area contributed by atoms with Crippen molar-refractivity contribution >= 4 is 17.0 Å². The Labute approximate surface area is 147 Å². The Kier molecular flexibility index (Phi) is 3.97. The lowest BCUT2D eigenvalue weighted by atomic mass is 9.78. The van der Waals surface area contributed by atoms with Gasteiger partial charge in [0, 0.05) is 16.5 Å². The van der Waals surface area contributed by atoms with Gasteiger partial charge in [-0.2, -0.15) is 0 Å². The number of hydrogen-bond donors (Lipinski definition) is 1. The minimum absolute atomic E-state index is 0.402. The first-order chi connectivity index (χ1) is 11.6. The number of aryl methyl sites for hydroxylation is 1. The molecule has 0 saturated carbocycles. The number of ether oxygens (including phenoxy) is 1. The Bertz CT molecular complexity index is 804. The minimum atomic E-state index is 0.402. The molecule has 1 aromatic heterocycles. The molecular formula is C21H23NOS. The van der Waals surface area contributed by atoms with Gasteiger partial charge in [-0.1, -0.05) is 18.7 Å². The van der Waals surface area contributed by atoms with E-state index >= 15 is 0 Å². The number of nitrogens with one attached hydrogen (secondary N) is 1. The summed E-state index contributed by atoms with van der Waals surface area (Å²) in [5, 5.41) is 6.00. The molecule has 0 saturated heterocycles. The standard InChI is InChI=1S/C21H23NOS/c1-13(2)12-23-15-7-8-19-18(11-15)16-5-4-6-17(16)20(22-19)21-14(3)9-10-24-21/h4-5,7-11,16-17,20,22H,1,6,12H2,2-3H3. The van der Waals surface area contributed by atoms with Crippen molar-refractivity contribution in [1.82, 2.24) is 0 Å². The van der Waals surface area contributed by atoms with E-state index in [1.165, 1.54) is 21.7 Å². The third-order valence-electron chi connectivity index (χ3n) is 5.00. The number of thiophene rings is 1. The molecule has 3 unspecified atom stereocenters. The number of fused-ring (bicyclic) bond motifs is 3. The summed E-state index contributed by atoms with van der Waals surface area (Å²) in [6.07, 6.45) is 5.85. The van der Waals surface area contributed by atoms with Gasteiger partial charge >= 0.3 is 0 Å². The monoisotopic (exact) mass is 337 g/mol. The van der Waals surface area contributed by atoms with Crippen molar-refractivity contribution in [1.29, 1.82) is 0 Å². The summed E-state index contributed by atoms with van der Waals surface area (Å²) < 4.78 is 5.85. The van der Waals surface area contributed by atoms with Crippen molar-refractivity contribution in [2.75, 3.05) is 11.9 Å². The van der Waals surface area contributed by atoms with E-state index in [-0.39, 0.29) is 0 Å². The van der Waals surface area contributed by atoms with E-state index in [9.17, 15) is 0 Å². The molecule has 4 rings (SSSR count). The Morgan fingerprint density at radius 2 is 2.25 bits per heavy atom. The molecule has 24 heavy (non-hydrogen) atoms. The zero-order valence-corrected chi connectivity index (χ0v) is 15.0. The van der Waals surface area contributed by atoms with Crippen molar-refractivity contribution in [2.24, 2.45) is 5.92 Å². The maximum atomic E-state index is 5.85. The third-order valence-corrected chi connectivity index (χ3v) is 6.11. The number of benzene rings is 1. The molecule has 1 N–H and O–H groups in total. The molecule has 0 amide bonds. The second-order valence-electron chi connectivity index (χ2n) is 6.94. The Balaban J connectivity index is 1.68. The molecule has 2 aromatic rings. The summed E-state index contributed by atoms with van der Waals surface area (Å²) in [6.45, 7) is 8.69. The van der Waals surface area contributed by atoms with E-state index in [0.29, 0.717) is 24.5 Å². The SMILES string of the molecule is C=C(C)COc1ccc2c(c1)C1C=CCC1C(c1sccc1C)N2. The van der Waals surface area contributed by atoms with Crippen LogP contribution in [0.5, 0.6) is 5.75 Å². The van der Waals surface area contributed by atoms with Gasteiger partial charge in [0.15, 0.2) is 0 Å². The van der Waals surface area contributed by atoms with Gasteiger partial charge in [-0.25, -0.2) is 0 Å². The quantitative estimate of drug-likeness (QED) is 0.708. The maximum Gasteiger partial charge on any atom is 0.120 e. The first kappa shape index (κ1) is 15.5. The molecule has 2 heterocycles. The Morgan fingerprint density at radius 1 is 1.38 bits per heavy atom. The minimum Gasteiger partial charge on any atom is -0.489 e. The van der Waals surface area contributed by atoms with Gasteiger partial charge in [0.1, 0.15) is 12.4 Å². The number of rotatable bonds is 4. The molecule has 1 aliphatic heterocycles. The topological polar surface area (TPSA) is 21.3 Å². The fourth-order valence-electron chi connectivity index (χ4n) is 3.83. The van der Waals surface area contributed by atoms with Gasteiger partial charge in [0.2, 0.25) is 0 Å². The first-order valence-electron chi connectivity index (χ1n) is 8.52. The molecule has 0 spiro atoms. The average Bonchev–Trinajstić information content (AvgIpc) is 3.21. The Morgan fingerprint density at radius 3 is 3.00 bits per heavy atom. The second kappa shape index (κ2) is 6.14. The lowest BCUT2D eigenvalue weighted by Gasteiger charge is -2.37. The number of hydrogen-bond acceptors (Lipinski definition) is 3. The predicted molar refractivity (Wildman–Crippen MR) is 102 cm³/mol. The van der Waals surface area contributed by atoms with E-state index in [2.05, 4.69) is 60.6 Å². The summed E-state index contributed by atoms with van der Waals surface area (Å²) in [7, 11) is 0. The summed E-state index contributed by atoms with van der Waals surface area (Å²) in [4.78, 5) is 1.47. The van der Waals surface area contributed by atoms with Crippen LogP contribution in [0.1, 0.15) is 41.3 Å². The van der Waals surface area contributed by atoms with Crippen LogP contribution in [0.25, 0.3) is 0 Å². The molecule has 124 valence electrons. The molecule has 3 heteroatoms. The van der Waals surface area contributed by atoms with Crippen LogP contribution < -0.4 is 10.1 Å². The van der Waals surface area contributed by atoms with Crippen LogP contribution in [0, 0.1) is 12.8 Å². The maximum absolute atomic E-state index is 5.85. The zero-order valence-electron chi connectivity index (χ0n) is 14.2. The summed E-state index contributed by atoms with van der Waals surface area (Å²) in [6, 6.07) is 9.06. The molecule has 1 aromatic carbocycles. The van der Waals surface area contributed by atoms with Crippen LogP contribution in [0.4, 0.5) is 5.69 Å². The van der Waals surface area contributed by atoms with Crippen LogP contribution >= 0.6 is 11.3 Å². The zero-order chi connectivity index (χ0) is 16.7. The molecule has 1 aliphatic carbocycles. The van der Waals surface area contributed by atoms with Crippen LogP contribution in [0.2, 0.25) is 0 Å². The highest BCUT2D eigenvalue weighted by Crippen LogP contribution is 2.51. The van der Waals surface area contributed by atoms with Crippen LogP contribution in [-0.4, -0.2) is 6.61 Å². The van der Waals surface area contributed by atoms with Crippen LogP contribution in [0.15, 0.2) is 53.9 Å². The van der Waals surface area contributed by atoms with Crippen molar-refractivity contribution in [3.8, 4) is 5.75 Å². The summed E-state index contributed by atoms with van der Waals surface area (Å²) in [5.41, 5.74) is 5.03. The van der Waals surface area contributed by atoms with Crippen LogP contribution in [-0.2, 0) is 0 Å². The van der Waals surface area contributed by atoms with E-state index in [4.69, 9.17) is 4.74 Å². The Hall–Kier alpha value is -2.00. The van der Waals surface area contributed by atoms with Gasteiger partial charge in [0.05, 0.1) is 6.04 Å². The molecule has 2 aliphatic rings. The molecular weight excluding hydrogens is 314 g/mol. The molecule has 0 fully saturated rings. The predicted octanol–water partition coefficient (Wildman–Crippen LogP) is 5.84. The fraction of sp³-hybridized carbons (Fsp3) is 0.333. The average molecular weight is 337 g/mol. The second-order valence-corrected chi connectivity index (χ2v) is 7.89. The highest BCUT2D eigenvalue weighted by molar-refractivity contribution is 7.10. The largest absolute Gasteiger partial charge is 0.489 e. The van der Waals surface area contributed by atoms with Crippen molar-refractivity contribution in [3.63, 3.8) is 0 Å². The van der Waals surface area contributed by atoms with Gasteiger partial charge in [0.25, 0.3) is 0 Å². The third kappa shape index (κ3) is 2.67. The van der Waals surface area contributed by atoms with E-state index in [1.807, 2.05) is 18.3 Å². The van der Waals surface area contributed by atoms with Gasteiger partial charge in [-0.05, 0) is 72.5 Å². The fourth-order valence-corrected chi connectivity index (χ4v) is 4.88. The molecule has 2 nitrogen and oxygen atoms in total. The highest BCUT2D eigenvalue weighted by atomic mass is 32.1. The van der Waals surface area contributed by atoms with Gasteiger partial charge in [-0.15, -0.1) is 11.3 Å². The van der Waals surface area contributed by atoms with Gasteiger partial charge < -0.3 is 10.1 Å². The number of allylic oxidation sites excluding steroid dienone is 2. The van der Waals surface area contributed by atoms with E-state index < -0.39 is 0 Å². The van der Waals surface area contributed by atoms with Crippen molar-refractivity contribution in [2.45, 2.75) is 32.2 Å².